The van der Waals surface area contributed by atoms with Gasteiger partial charge in [0.25, 0.3) is 5.91 Å². The maximum atomic E-state index is 12.2. The SMILES string of the molecule is C=CCNS(=O)(=O)c1ccc(C(=O)NCC(CC)(CC)C(=O)O)cc1. The normalized spacial score (nSPS) is 11.8. The van der Waals surface area contributed by atoms with Crippen LogP contribution in [0.4, 0.5) is 0 Å². The molecule has 0 atom stereocenters. The predicted molar refractivity (Wildman–Crippen MR) is 94.8 cm³/mol. The molecule has 0 aliphatic heterocycles. The van der Waals surface area contributed by atoms with E-state index in [0.717, 1.165) is 0 Å². The molecule has 0 radical (unpaired) electrons. The van der Waals surface area contributed by atoms with Crippen molar-refractivity contribution in [2.75, 3.05) is 13.1 Å². The molecule has 1 amide bonds. The molecule has 0 unspecified atom stereocenters. The minimum atomic E-state index is -3.65. The van der Waals surface area contributed by atoms with Crippen molar-refractivity contribution in [2.45, 2.75) is 31.6 Å². The molecule has 8 heteroatoms. The number of aliphatic carboxylic acids is 1. The standard InChI is InChI=1S/C17H24N2O5S/c1-4-11-19-25(23,24)14-9-7-13(8-10-14)15(20)18-12-17(5-2,6-3)16(21)22/h4,7-10,19H,1,5-6,11-12H2,2-3H3,(H,18,20)(H,21,22). The molecule has 0 spiro atoms. The number of carbonyl (C=O) groups is 2. The monoisotopic (exact) mass is 368 g/mol. The molecule has 3 N–H and O–H groups in total. The Morgan fingerprint density at radius 1 is 1.20 bits per heavy atom. The van der Waals surface area contributed by atoms with Gasteiger partial charge in [0.1, 0.15) is 0 Å². The summed E-state index contributed by atoms with van der Waals surface area (Å²) in [5.74, 6) is -1.40. The molecule has 0 aliphatic rings. The summed E-state index contributed by atoms with van der Waals surface area (Å²) < 4.78 is 26.2. The van der Waals surface area contributed by atoms with Crippen molar-refractivity contribution >= 4 is 21.9 Å². The minimum Gasteiger partial charge on any atom is -0.481 e. The van der Waals surface area contributed by atoms with Crippen molar-refractivity contribution in [3.63, 3.8) is 0 Å². The summed E-state index contributed by atoms with van der Waals surface area (Å²) >= 11 is 0. The minimum absolute atomic E-state index is 0.00903. The highest BCUT2D eigenvalue weighted by Gasteiger charge is 2.35. The van der Waals surface area contributed by atoms with Crippen LogP contribution in [0.5, 0.6) is 0 Å². The van der Waals surface area contributed by atoms with E-state index in [-0.39, 0.29) is 23.5 Å². The van der Waals surface area contributed by atoms with Gasteiger partial charge in [0.2, 0.25) is 10.0 Å². The summed E-state index contributed by atoms with van der Waals surface area (Å²) in [6, 6.07) is 5.42. The molecule has 138 valence electrons. The van der Waals surface area contributed by atoms with Crippen molar-refractivity contribution in [1.82, 2.24) is 10.0 Å². The van der Waals surface area contributed by atoms with Crippen LogP contribution in [0.1, 0.15) is 37.0 Å². The predicted octanol–water partition coefficient (Wildman–Crippen LogP) is 1.77. The van der Waals surface area contributed by atoms with Gasteiger partial charge in [0.05, 0.1) is 10.3 Å². The first-order valence-electron chi connectivity index (χ1n) is 7.94. The van der Waals surface area contributed by atoms with Crippen molar-refractivity contribution in [3.8, 4) is 0 Å². The third kappa shape index (κ3) is 5.14. The molecular weight excluding hydrogens is 344 g/mol. The van der Waals surface area contributed by atoms with E-state index >= 15 is 0 Å². The van der Waals surface area contributed by atoms with Crippen LogP contribution in [0, 0.1) is 5.41 Å². The number of hydrogen-bond acceptors (Lipinski definition) is 4. The van der Waals surface area contributed by atoms with Gasteiger partial charge in [-0.2, -0.15) is 0 Å². The highest BCUT2D eigenvalue weighted by Crippen LogP contribution is 2.25. The van der Waals surface area contributed by atoms with Gasteiger partial charge in [-0.3, -0.25) is 9.59 Å². The molecule has 1 aromatic rings. The number of carbonyl (C=O) groups excluding carboxylic acids is 1. The van der Waals surface area contributed by atoms with Crippen molar-refractivity contribution in [1.29, 1.82) is 0 Å². The maximum Gasteiger partial charge on any atom is 0.311 e. The number of carboxylic acids is 1. The number of rotatable bonds is 10. The van der Waals surface area contributed by atoms with Gasteiger partial charge in [-0.15, -0.1) is 6.58 Å². The van der Waals surface area contributed by atoms with E-state index in [1.807, 2.05) is 0 Å². The quantitative estimate of drug-likeness (QED) is 0.545. The van der Waals surface area contributed by atoms with E-state index in [9.17, 15) is 23.1 Å². The largest absolute Gasteiger partial charge is 0.481 e. The molecule has 7 nitrogen and oxygen atoms in total. The number of sulfonamides is 1. The van der Waals surface area contributed by atoms with E-state index in [4.69, 9.17) is 0 Å². The van der Waals surface area contributed by atoms with Crippen LogP contribution in [-0.2, 0) is 14.8 Å². The lowest BCUT2D eigenvalue weighted by molar-refractivity contribution is -0.149. The molecule has 0 fully saturated rings. The smallest absolute Gasteiger partial charge is 0.311 e. The number of amides is 1. The molecular formula is C17H24N2O5S. The second-order valence-electron chi connectivity index (χ2n) is 5.64. The van der Waals surface area contributed by atoms with Crippen LogP contribution < -0.4 is 10.0 Å². The molecule has 0 saturated carbocycles. The molecule has 0 saturated heterocycles. The first kappa shape index (κ1) is 20.9. The van der Waals surface area contributed by atoms with Crippen LogP contribution in [0.2, 0.25) is 0 Å². The lowest BCUT2D eigenvalue weighted by Crippen LogP contribution is -2.42. The third-order valence-corrected chi connectivity index (χ3v) is 5.68. The Hall–Kier alpha value is -2.19. The van der Waals surface area contributed by atoms with Crippen molar-refractivity contribution in [3.05, 3.63) is 42.5 Å². The van der Waals surface area contributed by atoms with Gasteiger partial charge in [-0.25, -0.2) is 13.1 Å². The topological polar surface area (TPSA) is 113 Å². The molecule has 25 heavy (non-hydrogen) atoms. The van der Waals surface area contributed by atoms with Crippen LogP contribution in [0.3, 0.4) is 0 Å². The van der Waals surface area contributed by atoms with Crippen LogP contribution in [0.25, 0.3) is 0 Å². The Morgan fingerprint density at radius 2 is 1.76 bits per heavy atom. The second-order valence-corrected chi connectivity index (χ2v) is 7.41. The molecule has 0 aromatic heterocycles. The summed E-state index contributed by atoms with van der Waals surface area (Å²) in [5.41, 5.74) is -0.748. The molecule has 0 heterocycles. The summed E-state index contributed by atoms with van der Waals surface area (Å²) in [7, 11) is -3.65. The highest BCUT2D eigenvalue weighted by atomic mass is 32.2. The average molecular weight is 368 g/mol. The van der Waals surface area contributed by atoms with Gasteiger partial charge in [-0.05, 0) is 37.1 Å². The fourth-order valence-corrected chi connectivity index (χ4v) is 3.27. The second kappa shape index (κ2) is 8.77. The van der Waals surface area contributed by atoms with Crippen molar-refractivity contribution < 1.29 is 23.1 Å². The Kier molecular flexibility index (Phi) is 7.32. The summed E-state index contributed by atoms with van der Waals surface area (Å²) in [6.45, 7) is 7.08. The Bertz CT molecular complexity index is 722. The van der Waals surface area contributed by atoms with Gasteiger partial charge in [0.15, 0.2) is 0 Å². The Labute approximate surface area is 148 Å². The number of benzene rings is 1. The van der Waals surface area contributed by atoms with Crippen LogP contribution >= 0.6 is 0 Å². The summed E-state index contributed by atoms with van der Waals surface area (Å²) in [4.78, 5) is 23.7. The van der Waals surface area contributed by atoms with E-state index in [1.54, 1.807) is 13.8 Å². The summed E-state index contributed by atoms with van der Waals surface area (Å²) in [5, 5.41) is 12.0. The van der Waals surface area contributed by atoms with Gasteiger partial charge >= 0.3 is 5.97 Å². The van der Waals surface area contributed by atoms with Crippen LogP contribution in [-0.4, -0.2) is 38.5 Å². The first-order valence-corrected chi connectivity index (χ1v) is 9.43. The van der Waals surface area contributed by atoms with Gasteiger partial charge in [0, 0.05) is 18.7 Å². The lowest BCUT2D eigenvalue weighted by atomic mass is 9.82. The first-order chi connectivity index (χ1) is 11.7. The Balaban J connectivity index is 2.84. The number of nitrogens with one attached hydrogen (secondary N) is 2. The lowest BCUT2D eigenvalue weighted by Gasteiger charge is -2.26. The molecule has 0 bridgehead atoms. The molecule has 1 rings (SSSR count). The van der Waals surface area contributed by atoms with Crippen LogP contribution in [0.15, 0.2) is 41.8 Å². The van der Waals surface area contributed by atoms with Crippen molar-refractivity contribution in [2.24, 2.45) is 5.41 Å². The van der Waals surface area contributed by atoms with E-state index in [1.165, 1.54) is 30.3 Å². The fourth-order valence-electron chi connectivity index (χ4n) is 2.27. The third-order valence-electron chi connectivity index (χ3n) is 4.24. The zero-order chi connectivity index (χ0) is 19.1. The highest BCUT2D eigenvalue weighted by molar-refractivity contribution is 7.89. The van der Waals surface area contributed by atoms with Gasteiger partial charge in [-0.1, -0.05) is 19.9 Å². The zero-order valence-corrected chi connectivity index (χ0v) is 15.2. The van der Waals surface area contributed by atoms with E-state index < -0.39 is 27.3 Å². The molecule has 0 aliphatic carbocycles. The number of carboxylic acid groups (broad SMARTS) is 1. The fraction of sp³-hybridized carbons (Fsp3) is 0.412. The van der Waals surface area contributed by atoms with Gasteiger partial charge < -0.3 is 10.4 Å². The Morgan fingerprint density at radius 3 is 2.20 bits per heavy atom. The van der Waals surface area contributed by atoms with E-state index in [0.29, 0.717) is 12.8 Å². The molecule has 1 aromatic carbocycles. The van der Waals surface area contributed by atoms with E-state index in [2.05, 4.69) is 16.6 Å². The maximum absolute atomic E-state index is 12.2. The zero-order valence-electron chi connectivity index (χ0n) is 14.4. The summed E-state index contributed by atoms with van der Waals surface area (Å²) in [6.07, 6.45) is 2.21. The number of hydrogen-bond donors (Lipinski definition) is 3. The average Bonchev–Trinajstić information content (AvgIpc) is 2.61.